The van der Waals surface area contributed by atoms with E-state index in [2.05, 4.69) is 26.8 Å². The summed E-state index contributed by atoms with van der Waals surface area (Å²) < 4.78 is 4.60. The highest BCUT2D eigenvalue weighted by Gasteiger charge is 2.14. The summed E-state index contributed by atoms with van der Waals surface area (Å²) in [5.41, 5.74) is -0.151. The van der Waals surface area contributed by atoms with E-state index in [-0.39, 0.29) is 18.0 Å². The molecule has 0 fully saturated rings. The van der Waals surface area contributed by atoms with Crippen LogP contribution in [0, 0.1) is 0 Å². The molecular weight excluding hydrogens is 202 g/mol. The Morgan fingerprint density at radius 2 is 2.47 bits per heavy atom. The Morgan fingerprint density at radius 3 is 3.07 bits per heavy atom. The molecule has 0 aromatic carbocycles. The van der Waals surface area contributed by atoms with Crippen molar-refractivity contribution in [2.24, 2.45) is 0 Å². The molecule has 0 atom stereocenters. The van der Waals surface area contributed by atoms with E-state index >= 15 is 0 Å². The molecule has 0 aliphatic rings. The van der Waals surface area contributed by atoms with Gasteiger partial charge in [-0.15, -0.1) is 0 Å². The number of aromatic amines is 1. The maximum absolute atomic E-state index is 11.0. The van der Waals surface area contributed by atoms with Gasteiger partial charge < -0.3 is 9.84 Å². The highest BCUT2D eigenvalue weighted by Crippen LogP contribution is 2.11. The zero-order chi connectivity index (χ0) is 11.3. The number of carboxylic acids is 1. The molecule has 0 saturated heterocycles. The average Bonchev–Trinajstić information content (AvgIpc) is 2.62. The van der Waals surface area contributed by atoms with E-state index in [1.54, 1.807) is 0 Å². The van der Waals surface area contributed by atoms with E-state index in [1.165, 1.54) is 12.3 Å². The Morgan fingerprint density at radius 1 is 1.73 bits per heavy atom. The van der Waals surface area contributed by atoms with Crippen LogP contribution in [0.15, 0.2) is 18.9 Å². The number of aromatic carboxylic acids is 1. The second-order valence-electron chi connectivity index (χ2n) is 2.48. The molecule has 0 unspecified atom stereocenters. The lowest BCUT2D eigenvalue weighted by Gasteiger charge is -2.03. The standard InChI is InChI=1S/C8H9N3O4/c1-2-3-15-8(14)10-5-4-9-11-6(5)7(12)13/h2,4H,1,3H2,(H,9,11)(H,10,14)(H,12,13). The summed E-state index contributed by atoms with van der Waals surface area (Å²) in [6.07, 6.45) is 1.81. The molecule has 15 heavy (non-hydrogen) atoms. The van der Waals surface area contributed by atoms with Gasteiger partial charge in [-0.2, -0.15) is 5.10 Å². The number of aromatic nitrogens is 2. The van der Waals surface area contributed by atoms with Crippen LogP contribution in [-0.4, -0.2) is 34.0 Å². The van der Waals surface area contributed by atoms with Gasteiger partial charge in [-0.05, 0) is 0 Å². The summed E-state index contributed by atoms with van der Waals surface area (Å²) >= 11 is 0. The van der Waals surface area contributed by atoms with Crippen molar-refractivity contribution in [3.8, 4) is 0 Å². The summed E-state index contributed by atoms with van der Waals surface area (Å²) in [7, 11) is 0. The van der Waals surface area contributed by atoms with Crippen molar-refractivity contribution in [2.75, 3.05) is 11.9 Å². The Kier molecular flexibility index (Phi) is 3.44. The van der Waals surface area contributed by atoms with Crippen molar-refractivity contribution >= 4 is 17.7 Å². The Bertz CT molecular complexity index is 385. The van der Waals surface area contributed by atoms with E-state index in [0.29, 0.717) is 0 Å². The summed E-state index contributed by atoms with van der Waals surface area (Å²) in [5.74, 6) is -1.22. The number of amides is 1. The smallest absolute Gasteiger partial charge is 0.412 e. The van der Waals surface area contributed by atoms with Gasteiger partial charge in [-0.3, -0.25) is 10.4 Å². The monoisotopic (exact) mass is 211 g/mol. The number of hydrogen-bond donors (Lipinski definition) is 3. The minimum atomic E-state index is -1.22. The highest BCUT2D eigenvalue weighted by molar-refractivity contribution is 5.96. The maximum Gasteiger partial charge on any atom is 0.412 e. The molecule has 7 nitrogen and oxygen atoms in total. The number of carbonyl (C=O) groups excluding carboxylic acids is 1. The van der Waals surface area contributed by atoms with Gasteiger partial charge in [0, 0.05) is 0 Å². The fraction of sp³-hybridized carbons (Fsp3) is 0.125. The average molecular weight is 211 g/mol. The molecule has 1 aromatic rings. The van der Waals surface area contributed by atoms with Crippen LogP contribution in [-0.2, 0) is 4.74 Å². The van der Waals surface area contributed by atoms with Gasteiger partial charge in [-0.1, -0.05) is 12.7 Å². The molecule has 0 radical (unpaired) electrons. The number of anilines is 1. The number of rotatable bonds is 4. The van der Waals surface area contributed by atoms with E-state index < -0.39 is 12.1 Å². The lowest BCUT2D eigenvalue weighted by molar-refractivity contribution is 0.0691. The number of carbonyl (C=O) groups is 2. The molecule has 1 amide bonds. The molecule has 80 valence electrons. The number of hydrogen-bond acceptors (Lipinski definition) is 4. The van der Waals surface area contributed by atoms with Gasteiger partial charge in [-0.25, -0.2) is 9.59 Å². The summed E-state index contributed by atoms with van der Waals surface area (Å²) in [6.45, 7) is 3.41. The summed E-state index contributed by atoms with van der Waals surface area (Å²) in [5, 5.41) is 16.6. The Hall–Kier alpha value is -2.31. The minimum Gasteiger partial charge on any atom is -0.476 e. The second-order valence-corrected chi connectivity index (χ2v) is 2.48. The third-order valence-electron chi connectivity index (χ3n) is 1.42. The summed E-state index contributed by atoms with van der Waals surface area (Å²) in [4.78, 5) is 21.6. The van der Waals surface area contributed by atoms with Crippen LogP contribution in [0.1, 0.15) is 10.5 Å². The lowest BCUT2D eigenvalue weighted by atomic mass is 10.4. The van der Waals surface area contributed by atoms with Crippen molar-refractivity contribution in [1.82, 2.24) is 10.2 Å². The lowest BCUT2D eigenvalue weighted by Crippen LogP contribution is -2.15. The van der Waals surface area contributed by atoms with Crippen LogP contribution in [0.5, 0.6) is 0 Å². The van der Waals surface area contributed by atoms with Crippen LogP contribution in [0.4, 0.5) is 10.5 Å². The molecule has 0 aliphatic carbocycles. The van der Waals surface area contributed by atoms with Gasteiger partial charge in [0.15, 0.2) is 5.69 Å². The van der Waals surface area contributed by atoms with Crippen LogP contribution >= 0.6 is 0 Å². The third kappa shape index (κ3) is 2.83. The maximum atomic E-state index is 11.0. The van der Waals surface area contributed by atoms with Crippen molar-refractivity contribution in [2.45, 2.75) is 0 Å². The predicted molar refractivity (Wildman–Crippen MR) is 50.7 cm³/mol. The predicted octanol–water partition coefficient (Wildman–Crippen LogP) is 0.842. The molecule has 1 aromatic heterocycles. The molecule has 0 aliphatic heterocycles. The van der Waals surface area contributed by atoms with Gasteiger partial charge in [0.05, 0.1) is 11.9 Å². The van der Waals surface area contributed by atoms with E-state index in [0.717, 1.165) is 0 Å². The zero-order valence-corrected chi connectivity index (χ0v) is 7.69. The Labute approximate surface area is 84.7 Å². The van der Waals surface area contributed by atoms with Gasteiger partial charge >= 0.3 is 12.1 Å². The van der Waals surface area contributed by atoms with Crippen molar-refractivity contribution in [3.63, 3.8) is 0 Å². The topological polar surface area (TPSA) is 104 Å². The molecule has 0 saturated carbocycles. The second kappa shape index (κ2) is 4.80. The first-order valence-electron chi connectivity index (χ1n) is 3.96. The fourth-order valence-corrected chi connectivity index (χ4v) is 0.825. The van der Waals surface area contributed by atoms with Crippen LogP contribution in [0.3, 0.4) is 0 Å². The molecular formula is C8H9N3O4. The van der Waals surface area contributed by atoms with Crippen molar-refractivity contribution < 1.29 is 19.4 Å². The highest BCUT2D eigenvalue weighted by atomic mass is 16.5. The number of H-pyrrole nitrogens is 1. The SMILES string of the molecule is C=CCOC(=O)Nc1cn[nH]c1C(=O)O. The number of ether oxygens (including phenoxy) is 1. The van der Waals surface area contributed by atoms with Crippen LogP contribution in [0.25, 0.3) is 0 Å². The van der Waals surface area contributed by atoms with Crippen LogP contribution in [0.2, 0.25) is 0 Å². The third-order valence-corrected chi connectivity index (χ3v) is 1.42. The molecule has 1 rings (SSSR count). The minimum absolute atomic E-state index is 0.0477. The molecule has 7 heteroatoms. The Balaban J connectivity index is 2.64. The van der Waals surface area contributed by atoms with Crippen molar-refractivity contribution in [1.29, 1.82) is 0 Å². The van der Waals surface area contributed by atoms with Crippen LogP contribution < -0.4 is 5.32 Å². The first kappa shape index (κ1) is 10.8. The van der Waals surface area contributed by atoms with E-state index in [1.807, 2.05) is 0 Å². The molecule has 1 heterocycles. The molecule has 3 N–H and O–H groups in total. The van der Waals surface area contributed by atoms with E-state index in [4.69, 9.17) is 5.11 Å². The van der Waals surface area contributed by atoms with Gasteiger partial charge in [0.1, 0.15) is 6.61 Å². The zero-order valence-electron chi connectivity index (χ0n) is 7.69. The number of carboxylic acid groups (broad SMARTS) is 1. The normalized spacial score (nSPS) is 9.33. The number of nitrogens with zero attached hydrogens (tertiary/aromatic N) is 1. The fourth-order valence-electron chi connectivity index (χ4n) is 0.825. The van der Waals surface area contributed by atoms with E-state index in [9.17, 15) is 9.59 Å². The summed E-state index contributed by atoms with van der Waals surface area (Å²) in [6, 6.07) is 0. The molecule has 0 spiro atoms. The first-order valence-corrected chi connectivity index (χ1v) is 3.96. The van der Waals surface area contributed by atoms with Gasteiger partial charge in [0.25, 0.3) is 0 Å². The quantitative estimate of drug-likeness (QED) is 0.640. The first-order chi connectivity index (χ1) is 7.15. The van der Waals surface area contributed by atoms with Gasteiger partial charge in [0.2, 0.25) is 0 Å². The van der Waals surface area contributed by atoms with Crippen molar-refractivity contribution in [3.05, 3.63) is 24.5 Å². The molecule has 0 bridgehead atoms. The largest absolute Gasteiger partial charge is 0.476 e. The number of nitrogens with one attached hydrogen (secondary N) is 2.